The minimum absolute atomic E-state index is 0.106. The van der Waals surface area contributed by atoms with Gasteiger partial charge in [-0.1, -0.05) is 0 Å². The summed E-state index contributed by atoms with van der Waals surface area (Å²) in [5.74, 6) is 0.403. The van der Waals surface area contributed by atoms with Gasteiger partial charge in [0.1, 0.15) is 6.26 Å². The van der Waals surface area contributed by atoms with Gasteiger partial charge in [0.25, 0.3) is 11.9 Å². The van der Waals surface area contributed by atoms with Crippen molar-refractivity contribution >= 4 is 40.4 Å². The summed E-state index contributed by atoms with van der Waals surface area (Å²) in [6.45, 7) is 5.09. The first-order valence-corrected chi connectivity index (χ1v) is 11.6. The number of aromatic nitrogens is 4. The Kier molecular flexibility index (Phi) is 5.56. The van der Waals surface area contributed by atoms with Gasteiger partial charge in [-0.2, -0.15) is 4.98 Å². The number of Topliss-reactive ketones (excluding diaryl/α,β-unsaturated/α-hetero) is 1. The van der Waals surface area contributed by atoms with E-state index in [0.717, 1.165) is 11.3 Å². The molecule has 12 heteroatoms. The zero-order chi connectivity index (χ0) is 24.6. The first-order valence-electron chi connectivity index (χ1n) is 11.6. The number of nitrogens with one attached hydrogen (secondary N) is 1. The predicted octanol–water partition coefficient (Wildman–Crippen LogP) is 2.45. The SMILES string of the molecule is Cc1cc(-c2nc(C(=O)Nc3cc4oc(N5CCOCC5)nc4nc3N3CCC(=O)C3)co2)ccn1. The number of amides is 1. The van der Waals surface area contributed by atoms with Gasteiger partial charge < -0.3 is 28.7 Å². The smallest absolute Gasteiger partial charge is 0.300 e. The zero-order valence-electron chi connectivity index (χ0n) is 19.6. The summed E-state index contributed by atoms with van der Waals surface area (Å²) in [5.41, 5.74) is 2.86. The number of nitrogens with zero attached hydrogens (tertiary/aromatic N) is 6. The van der Waals surface area contributed by atoms with E-state index in [2.05, 4.69) is 25.3 Å². The van der Waals surface area contributed by atoms with Gasteiger partial charge in [-0.25, -0.2) is 9.97 Å². The molecule has 6 heterocycles. The number of aryl methyl sites for hydroxylation is 1. The number of morpholine rings is 1. The lowest BCUT2D eigenvalue weighted by Gasteiger charge is -2.24. The second-order valence-corrected chi connectivity index (χ2v) is 8.67. The Morgan fingerprint density at radius 3 is 2.72 bits per heavy atom. The number of ketones is 1. The molecule has 0 bridgehead atoms. The van der Waals surface area contributed by atoms with E-state index in [1.807, 2.05) is 22.8 Å². The van der Waals surface area contributed by atoms with Crippen LogP contribution >= 0.6 is 0 Å². The number of anilines is 3. The van der Waals surface area contributed by atoms with Crippen LogP contribution in [0, 0.1) is 6.92 Å². The van der Waals surface area contributed by atoms with E-state index in [4.69, 9.17) is 13.6 Å². The molecule has 36 heavy (non-hydrogen) atoms. The van der Waals surface area contributed by atoms with Crippen LogP contribution in [0.25, 0.3) is 22.7 Å². The average molecular weight is 489 g/mol. The minimum atomic E-state index is -0.475. The molecule has 0 aliphatic carbocycles. The maximum Gasteiger partial charge on any atom is 0.300 e. The van der Waals surface area contributed by atoms with Gasteiger partial charge in [-0.05, 0) is 19.1 Å². The highest BCUT2D eigenvalue weighted by Gasteiger charge is 2.27. The number of oxazole rings is 2. The number of fused-ring (bicyclic) bond motifs is 1. The number of rotatable bonds is 5. The van der Waals surface area contributed by atoms with Crippen molar-refractivity contribution in [2.45, 2.75) is 13.3 Å². The number of ether oxygens (including phenoxy) is 1. The van der Waals surface area contributed by atoms with Crippen LogP contribution < -0.4 is 15.1 Å². The van der Waals surface area contributed by atoms with Crippen LogP contribution in [0.3, 0.4) is 0 Å². The maximum absolute atomic E-state index is 13.1. The molecule has 184 valence electrons. The van der Waals surface area contributed by atoms with Gasteiger partial charge >= 0.3 is 0 Å². The molecule has 6 rings (SSSR count). The van der Waals surface area contributed by atoms with Crippen LogP contribution in [-0.2, 0) is 9.53 Å². The fourth-order valence-electron chi connectivity index (χ4n) is 4.25. The van der Waals surface area contributed by atoms with E-state index < -0.39 is 5.91 Å². The van der Waals surface area contributed by atoms with Crippen LogP contribution in [0.4, 0.5) is 17.5 Å². The predicted molar refractivity (Wildman–Crippen MR) is 129 cm³/mol. The van der Waals surface area contributed by atoms with Crippen molar-refractivity contribution in [2.24, 2.45) is 0 Å². The van der Waals surface area contributed by atoms with E-state index in [-0.39, 0.29) is 18.0 Å². The molecule has 0 atom stereocenters. The van der Waals surface area contributed by atoms with Crippen LogP contribution in [-0.4, -0.2) is 71.0 Å². The highest BCUT2D eigenvalue weighted by molar-refractivity contribution is 6.05. The summed E-state index contributed by atoms with van der Waals surface area (Å²) in [5, 5.41) is 2.87. The molecule has 2 fully saturated rings. The van der Waals surface area contributed by atoms with Crippen molar-refractivity contribution in [2.75, 3.05) is 54.5 Å². The third kappa shape index (κ3) is 4.26. The Bertz CT molecular complexity index is 1460. The van der Waals surface area contributed by atoms with E-state index in [9.17, 15) is 9.59 Å². The monoisotopic (exact) mass is 489 g/mol. The molecule has 1 amide bonds. The molecule has 0 unspecified atom stereocenters. The van der Waals surface area contributed by atoms with Gasteiger partial charge in [-0.15, -0.1) is 0 Å². The quantitative estimate of drug-likeness (QED) is 0.442. The number of hydrogen-bond donors (Lipinski definition) is 1. The van der Waals surface area contributed by atoms with E-state index in [0.29, 0.717) is 73.9 Å². The highest BCUT2D eigenvalue weighted by atomic mass is 16.5. The largest absolute Gasteiger partial charge is 0.444 e. The average Bonchev–Trinajstić information content (AvgIpc) is 3.63. The van der Waals surface area contributed by atoms with E-state index in [1.54, 1.807) is 18.3 Å². The fourth-order valence-corrected chi connectivity index (χ4v) is 4.25. The highest BCUT2D eigenvalue weighted by Crippen LogP contribution is 2.32. The molecule has 2 aliphatic rings. The molecule has 4 aromatic heterocycles. The molecule has 0 aromatic carbocycles. The molecule has 0 saturated carbocycles. The molecule has 12 nitrogen and oxygen atoms in total. The zero-order valence-corrected chi connectivity index (χ0v) is 19.6. The summed E-state index contributed by atoms with van der Waals surface area (Å²) in [6.07, 6.45) is 3.38. The van der Waals surface area contributed by atoms with Crippen molar-refractivity contribution in [1.82, 2.24) is 19.9 Å². The van der Waals surface area contributed by atoms with Crippen molar-refractivity contribution in [3.63, 3.8) is 0 Å². The molecular formula is C24H23N7O5. The lowest BCUT2D eigenvalue weighted by atomic mass is 10.2. The van der Waals surface area contributed by atoms with Crippen LogP contribution in [0.5, 0.6) is 0 Å². The molecule has 0 spiro atoms. The first kappa shape index (κ1) is 22.2. The number of hydrogen-bond acceptors (Lipinski definition) is 11. The second kappa shape index (κ2) is 9.04. The summed E-state index contributed by atoms with van der Waals surface area (Å²) in [4.78, 5) is 46.6. The van der Waals surface area contributed by atoms with Gasteiger partial charge in [0.2, 0.25) is 11.5 Å². The Morgan fingerprint density at radius 2 is 1.94 bits per heavy atom. The van der Waals surface area contributed by atoms with Crippen LogP contribution in [0.1, 0.15) is 22.6 Å². The Balaban J connectivity index is 1.32. The summed E-state index contributed by atoms with van der Waals surface area (Å²) in [6, 6.07) is 5.71. The topological polar surface area (TPSA) is 140 Å². The van der Waals surface area contributed by atoms with Crippen LogP contribution in [0.2, 0.25) is 0 Å². The van der Waals surface area contributed by atoms with Crippen molar-refractivity contribution in [1.29, 1.82) is 0 Å². The first-order chi connectivity index (χ1) is 17.5. The van der Waals surface area contributed by atoms with Gasteiger partial charge in [0.05, 0.1) is 25.4 Å². The third-order valence-electron chi connectivity index (χ3n) is 6.09. The van der Waals surface area contributed by atoms with E-state index in [1.165, 1.54) is 6.26 Å². The lowest BCUT2D eigenvalue weighted by Crippen LogP contribution is -2.36. The standard InChI is InChI=1S/C24H23N7O5/c1-14-10-15(2-4-25-14)23-27-18(13-35-23)22(33)26-17-11-19-20(28-21(17)31-5-3-16(32)12-31)29-24(36-19)30-6-8-34-9-7-30/h2,4,10-11,13H,3,5-9,12H2,1H3,(H,26,33). The normalized spacial score (nSPS) is 16.2. The molecule has 2 aliphatic heterocycles. The Morgan fingerprint density at radius 1 is 1.08 bits per heavy atom. The Labute approximate surface area is 205 Å². The summed E-state index contributed by atoms with van der Waals surface area (Å²) >= 11 is 0. The van der Waals surface area contributed by atoms with Crippen LogP contribution in [0.15, 0.2) is 39.5 Å². The molecule has 2 saturated heterocycles. The van der Waals surface area contributed by atoms with Crippen molar-refractivity contribution in [3.8, 4) is 11.5 Å². The maximum atomic E-state index is 13.1. The molecule has 4 aromatic rings. The molecular weight excluding hydrogens is 466 g/mol. The number of pyridine rings is 2. The molecule has 0 radical (unpaired) electrons. The minimum Gasteiger partial charge on any atom is -0.444 e. The lowest BCUT2D eigenvalue weighted by molar-refractivity contribution is -0.116. The van der Waals surface area contributed by atoms with E-state index >= 15 is 0 Å². The van der Waals surface area contributed by atoms with Gasteiger partial charge in [0.15, 0.2) is 22.9 Å². The third-order valence-corrected chi connectivity index (χ3v) is 6.09. The summed E-state index contributed by atoms with van der Waals surface area (Å²) < 4.78 is 16.9. The summed E-state index contributed by atoms with van der Waals surface area (Å²) in [7, 11) is 0. The Hall–Kier alpha value is -4.32. The second-order valence-electron chi connectivity index (χ2n) is 8.67. The number of carbonyl (C=O) groups is 2. The van der Waals surface area contributed by atoms with Crippen molar-refractivity contribution < 1.29 is 23.2 Å². The molecule has 1 N–H and O–H groups in total. The number of carbonyl (C=O) groups excluding carboxylic acids is 2. The van der Waals surface area contributed by atoms with Gasteiger partial charge in [-0.3, -0.25) is 14.6 Å². The fraction of sp³-hybridized carbons (Fsp3) is 0.333. The van der Waals surface area contributed by atoms with Gasteiger partial charge in [0, 0.05) is 49.6 Å². The van der Waals surface area contributed by atoms with Crippen molar-refractivity contribution in [3.05, 3.63) is 42.0 Å².